The summed E-state index contributed by atoms with van der Waals surface area (Å²) in [6.45, 7) is 0.610. The highest BCUT2D eigenvalue weighted by atomic mass is 35.5. The summed E-state index contributed by atoms with van der Waals surface area (Å²) in [5, 5.41) is 2.73. The van der Waals surface area contributed by atoms with Gasteiger partial charge >= 0.3 is 0 Å². The number of nitrogens with zero attached hydrogens (tertiary/aromatic N) is 1. The molecule has 1 aliphatic heterocycles. The summed E-state index contributed by atoms with van der Waals surface area (Å²) >= 11 is 7.04. The fraction of sp³-hybridized carbons (Fsp3) is 0.286. The zero-order valence-electron chi connectivity index (χ0n) is 10.1. The van der Waals surface area contributed by atoms with Crippen molar-refractivity contribution < 1.29 is 9.53 Å². The highest BCUT2D eigenvalue weighted by Gasteiger charge is 2.24. The quantitative estimate of drug-likeness (QED) is 0.644. The fourth-order valence-electron chi connectivity index (χ4n) is 2.16. The first-order valence-corrected chi connectivity index (χ1v) is 7.44. The van der Waals surface area contributed by atoms with E-state index in [1.165, 1.54) is 16.9 Å². The lowest BCUT2D eigenvalue weighted by atomic mass is 9.97. The van der Waals surface area contributed by atoms with Crippen LogP contribution in [0.3, 0.4) is 0 Å². The normalized spacial score (nSPS) is 17.6. The number of carbonyl (C=O) groups is 1. The Kier molecular flexibility index (Phi) is 3.53. The summed E-state index contributed by atoms with van der Waals surface area (Å²) < 4.78 is 5.74. The second-order valence-corrected chi connectivity index (χ2v) is 5.60. The molecule has 3 rings (SSSR count). The molecule has 0 saturated carbocycles. The van der Waals surface area contributed by atoms with Crippen LogP contribution in [0, 0.1) is 0 Å². The maximum Gasteiger partial charge on any atom is 0.196 e. The van der Waals surface area contributed by atoms with Crippen molar-refractivity contribution in [2.24, 2.45) is 0 Å². The second-order valence-electron chi connectivity index (χ2n) is 4.45. The molecule has 0 aliphatic carbocycles. The lowest BCUT2D eigenvalue weighted by Crippen LogP contribution is -2.19. The van der Waals surface area contributed by atoms with Crippen molar-refractivity contribution >= 4 is 28.7 Å². The minimum atomic E-state index is -0.124. The molecule has 3 nitrogen and oxygen atoms in total. The first kappa shape index (κ1) is 12.6. The van der Waals surface area contributed by atoms with Crippen LogP contribution in [0.4, 0.5) is 0 Å². The number of benzene rings is 1. The molecule has 19 heavy (non-hydrogen) atoms. The summed E-state index contributed by atoms with van der Waals surface area (Å²) in [6, 6.07) is 8.03. The molecule has 1 aromatic heterocycles. The molecule has 0 radical (unpaired) electrons. The molecule has 0 N–H and O–H groups in total. The molecule has 0 spiro atoms. The van der Waals surface area contributed by atoms with Crippen LogP contribution in [0.2, 0.25) is 0 Å². The van der Waals surface area contributed by atoms with E-state index in [0.717, 1.165) is 17.2 Å². The van der Waals surface area contributed by atoms with Crippen LogP contribution in [0.1, 0.15) is 27.0 Å². The monoisotopic (exact) mass is 293 g/mol. The summed E-state index contributed by atoms with van der Waals surface area (Å²) in [4.78, 5) is 15.9. The molecular formula is C14H12ClNO2S. The van der Waals surface area contributed by atoms with Gasteiger partial charge in [-0.05, 0) is 18.1 Å². The van der Waals surface area contributed by atoms with E-state index < -0.39 is 0 Å². The summed E-state index contributed by atoms with van der Waals surface area (Å²) in [6.07, 6.45) is 0.901. The van der Waals surface area contributed by atoms with Crippen LogP contribution in [0.5, 0.6) is 5.75 Å². The number of Topliss-reactive ketones (excluding diaryl/α,β-unsaturated/α-hetero) is 1. The van der Waals surface area contributed by atoms with Crippen molar-refractivity contribution in [1.82, 2.24) is 4.98 Å². The van der Waals surface area contributed by atoms with Gasteiger partial charge < -0.3 is 4.74 Å². The number of ketones is 1. The van der Waals surface area contributed by atoms with Gasteiger partial charge in [-0.1, -0.05) is 18.2 Å². The van der Waals surface area contributed by atoms with Gasteiger partial charge in [-0.25, -0.2) is 4.98 Å². The van der Waals surface area contributed by atoms with E-state index in [4.69, 9.17) is 16.3 Å². The molecule has 1 aliphatic rings. The third-order valence-corrected chi connectivity index (χ3v) is 4.41. The molecule has 1 atom stereocenters. The molecule has 1 aromatic carbocycles. The highest BCUT2D eigenvalue weighted by Crippen LogP contribution is 2.33. The van der Waals surface area contributed by atoms with E-state index in [9.17, 15) is 4.79 Å². The number of hydrogen-bond donors (Lipinski definition) is 0. The summed E-state index contributed by atoms with van der Waals surface area (Å²) in [7, 11) is 0. The maximum atomic E-state index is 11.5. The average Bonchev–Trinajstić information content (AvgIpc) is 2.95. The second kappa shape index (κ2) is 5.31. The van der Waals surface area contributed by atoms with Crippen molar-refractivity contribution in [3.8, 4) is 5.75 Å². The molecule has 2 heterocycles. The van der Waals surface area contributed by atoms with Gasteiger partial charge in [0.2, 0.25) is 0 Å². The van der Waals surface area contributed by atoms with E-state index in [1.807, 2.05) is 18.2 Å². The SMILES string of the molecule is O=C(CCl)c1csc(C2COc3ccccc3C2)n1. The van der Waals surface area contributed by atoms with E-state index in [-0.39, 0.29) is 17.6 Å². The predicted octanol–water partition coefficient (Wildman–Crippen LogP) is 3.28. The molecule has 5 heteroatoms. The average molecular weight is 294 g/mol. The Morgan fingerprint density at radius 1 is 1.47 bits per heavy atom. The van der Waals surface area contributed by atoms with Gasteiger partial charge in [-0.3, -0.25) is 4.79 Å². The Bertz CT molecular complexity index is 611. The van der Waals surface area contributed by atoms with Crippen LogP contribution in [0.15, 0.2) is 29.6 Å². The first-order chi connectivity index (χ1) is 9.28. The molecule has 0 bridgehead atoms. The molecule has 98 valence electrons. The van der Waals surface area contributed by atoms with Crippen LogP contribution in [0.25, 0.3) is 0 Å². The molecule has 0 fully saturated rings. The number of rotatable bonds is 3. The van der Waals surface area contributed by atoms with Gasteiger partial charge in [-0.15, -0.1) is 22.9 Å². The molecule has 0 saturated heterocycles. The van der Waals surface area contributed by atoms with Gasteiger partial charge in [0.15, 0.2) is 5.78 Å². The van der Waals surface area contributed by atoms with Crippen LogP contribution in [-0.2, 0) is 6.42 Å². The number of fused-ring (bicyclic) bond motifs is 1. The van der Waals surface area contributed by atoms with Crippen molar-refractivity contribution in [2.75, 3.05) is 12.5 Å². The topological polar surface area (TPSA) is 39.2 Å². The van der Waals surface area contributed by atoms with E-state index in [0.29, 0.717) is 12.3 Å². The Hall–Kier alpha value is -1.39. The van der Waals surface area contributed by atoms with Gasteiger partial charge in [0.1, 0.15) is 16.5 Å². The number of para-hydroxylation sites is 1. The Morgan fingerprint density at radius 2 is 2.32 bits per heavy atom. The van der Waals surface area contributed by atoms with E-state index in [1.54, 1.807) is 5.38 Å². The number of ether oxygens (including phenoxy) is 1. The first-order valence-electron chi connectivity index (χ1n) is 6.03. The summed E-state index contributed by atoms with van der Waals surface area (Å²) in [5.74, 6) is 1.03. The number of thiazole rings is 1. The number of hydrogen-bond acceptors (Lipinski definition) is 4. The van der Waals surface area contributed by atoms with Crippen molar-refractivity contribution in [1.29, 1.82) is 0 Å². The third-order valence-electron chi connectivity index (χ3n) is 3.16. The predicted molar refractivity (Wildman–Crippen MR) is 75.5 cm³/mol. The maximum absolute atomic E-state index is 11.5. The standard InChI is InChI=1S/C14H12ClNO2S/c15-6-12(17)11-8-19-14(16-11)10-5-9-3-1-2-4-13(9)18-7-10/h1-4,8,10H,5-7H2. The number of halogens is 1. The van der Waals surface area contributed by atoms with Crippen LogP contribution in [-0.4, -0.2) is 23.3 Å². The van der Waals surface area contributed by atoms with Crippen LogP contribution < -0.4 is 4.74 Å². The minimum absolute atomic E-state index is 0.0207. The van der Waals surface area contributed by atoms with Gasteiger partial charge in [0.05, 0.1) is 12.5 Å². The minimum Gasteiger partial charge on any atom is -0.493 e. The van der Waals surface area contributed by atoms with E-state index in [2.05, 4.69) is 11.1 Å². The fourth-order valence-corrected chi connectivity index (χ4v) is 3.21. The van der Waals surface area contributed by atoms with Gasteiger partial charge in [0.25, 0.3) is 0 Å². The summed E-state index contributed by atoms with van der Waals surface area (Å²) in [5.41, 5.74) is 1.66. The third kappa shape index (κ3) is 2.51. The van der Waals surface area contributed by atoms with Crippen molar-refractivity contribution in [2.45, 2.75) is 12.3 Å². The smallest absolute Gasteiger partial charge is 0.196 e. The molecule has 2 aromatic rings. The molecular weight excluding hydrogens is 282 g/mol. The van der Waals surface area contributed by atoms with Crippen molar-refractivity contribution in [3.63, 3.8) is 0 Å². The number of alkyl halides is 1. The largest absolute Gasteiger partial charge is 0.493 e. The van der Waals surface area contributed by atoms with Crippen molar-refractivity contribution in [3.05, 3.63) is 45.9 Å². The Balaban J connectivity index is 1.81. The lowest BCUT2D eigenvalue weighted by Gasteiger charge is -2.23. The lowest BCUT2D eigenvalue weighted by molar-refractivity contribution is 0.101. The van der Waals surface area contributed by atoms with Gasteiger partial charge in [-0.2, -0.15) is 0 Å². The van der Waals surface area contributed by atoms with E-state index >= 15 is 0 Å². The highest BCUT2D eigenvalue weighted by molar-refractivity contribution is 7.10. The molecule has 0 amide bonds. The zero-order valence-corrected chi connectivity index (χ0v) is 11.7. The number of aromatic nitrogens is 1. The Labute approximate surface area is 120 Å². The molecule has 1 unspecified atom stereocenters. The number of carbonyl (C=O) groups excluding carboxylic acids is 1. The van der Waals surface area contributed by atoms with Crippen LogP contribution >= 0.6 is 22.9 Å². The van der Waals surface area contributed by atoms with Gasteiger partial charge in [0, 0.05) is 11.3 Å². The Morgan fingerprint density at radius 3 is 3.16 bits per heavy atom. The zero-order chi connectivity index (χ0) is 13.2.